The molecule has 4 rings (SSSR count). The van der Waals surface area contributed by atoms with Gasteiger partial charge in [-0.1, -0.05) is 41.9 Å². The minimum atomic E-state index is -1.89. The molecule has 1 aromatic heterocycles. The smallest absolute Gasteiger partial charge is 0.264 e. The second-order valence-corrected chi connectivity index (χ2v) is 9.50. The molecule has 4 nitrogen and oxygen atoms in total. The summed E-state index contributed by atoms with van der Waals surface area (Å²) in [6.07, 6.45) is -0.304. The van der Waals surface area contributed by atoms with E-state index in [1.54, 1.807) is 48.5 Å². The van der Waals surface area contributed by atoms with Crippen LogP contribution >= 0.6 is 38.9 Å². The molecule has 1 aliphatic rings. The SMILES string of the molecule is O=C(CC1(O)C(=O)N(Cc2cccc(Cl)c2)c2ccccc21)c1ccc(Br)s1. The summed E-state index contributed by atoms with van der Waals surface area (Å²) in [7, 11) is 0. The third-order valence-electron chi connectivity index (χ3n) is 4.73. The van der Waals surface area contributed by atoms with E-state index in [4.69, 9.17) is 11.6 Å². The van der Waals surface area contributed by atoms with Crippen LogP contribution in [0.4, 0.5) is 5.69 Å². The minimum Gasteiger partial charge on any atom is -0.375 e. The lowest BCUT2D eigenvalue weighted by Gasteiger charge is -2.22. The zero-order valence-corrected chi connectivity index (χ0v) is 17.7. The molecule has 142 valence electrons. The molecule has 0 fully saturated rings. The van der Waals surface area contributed by atoms with Gasteiger partial charge in [0.2, 0.25) is 0 Å². The third kappa shape index (κ3) is 3.42. The molecule has 1 atom stereocenters. The molecule has 3 aromatic rings. The number of hydrogen-bond acceptors (Lipinski definition) is 4. The first-order valence-corrected chi connectivity index (χ1v) is 10.5. The van der Waals surface area contributed by atoms with Gasteiger partial charge in [-0.05, 0) is 51.8 Å². The number of thiophene rings is 1. The Hall–Kier alpha value is -1.99. The molecule has 0 saturated heterocycles. The van der Waals surface area contributed by atoms with Gasteiger partial charge in [0.1, 0.15) is 0 Å². The third-order valence-corrected chi connectivity index (χ3v) is 6.63. The van der Waals surface area contributed by atoms with Gasteiger partial charge in [-0.15, -0.1) is 11.3 Å². The Balaban J connectivity index is 1.68. The van der Waals surface area contributed by atoms with Crippen molar-refractivity contribution >= 4 is 56.2 Å². The van der Waals surface area contributed by atoms with Gasteiger partial charge < -0.3 is 10.0 Å². The number of carbonyl (C=O) groups excluding carboxylic acids is 2. The predicted octanol–water partition coefficient (Wildman–Crippen LogP) is 5.17. The molecular formula is C21H15BrClNO3S. The van der Waals surface area contributed by atoms with Gasteiger partial charge in [-0.2, -0.15) is 0 Å². The molecule has 0 aliphatic carbocycles. The summed E-state index contributed by atoms with van der Waals surface area (Å²) in [5, 5.41) is 11.9. The normalized spacial score (nSPS) is 18.4. The van der Waals surface area contributed by atoms with Crippen LogP contribution < -0.4 is 4.90 Å². The van der Waals surface area contributed by atoms with Crippen LogP contribution in [0.15, 0.2) is 64.5 Å². The molecule has 1 unspecified atom stereocenters. The Labute approximate surface area is 179 Å². The highest BCUT2D eigenvalue weighted by molar-refractivity contribution is 9.11. The number of para-hydroxylation sites is 1. The van der Waals surface area contributed by atoms with Crippen molar-refractivity contribution in [1.29, 1.82) is 0 Å². The zero-order chi connectivity index (χ0) is 19.9. The Morgan fingerprint density at radius 2 is 1.93 bits per heavy atom. The number of halogens is 2. The number of rotatable bonds is 5. The number of amides is 1. The van der Waals surface area contributed by atoms with Crippen LogP contribution in [0.2, 0.25) is 5.02 Å². The van der Waals surface area contributed by atoms with E-state index in [2.05, 4.69) is 15.9 Å². The van der Waals surface area contributed by atoms with Gasteiger partial charge in [-0.3, -0.25) is 9.59 Å². The van der Waals surface area contributed by atoms with E-state index < -0.39 is 11.5 Å². The summed E-state index contributed by atoms with van der Waals surface area (Å²) in [5.41, 5.74) is 0.0115. The fourth-order valence-corrected chi connectivity index (χ4v) is 4.97. The maximum atomic E-state index is 13.2. The maximum Gasteiger partial charge on any atom is 0.264 e. The molecule has 0 bridgehead atoms. The number of fused-ring (bicyclic) bond motifs is 1. The number of ketones is 1. The van der Waals surface area contributed by atoms with Crippen molar-refractivity contribution < 1.29 is 14.7 Å². The van der Waals surface area contributed by atoms with E-state index in [0.29, 0.717) is 21.2 Å². The van der Waals surface area contributed by atoms with E-state index in [1.807, 2.05) is 12.1 Å². The van der Waals surface area contributed by atoms with Crippen LogP contribution in [0.5, 0.6) is 0 Å². The standard InChI is InChI=1S/C21H15BrClNO3S/c22-19-9-8-18(28-19)17(25)11-21(27)15-6-1-2-7-16(15)24(20(21)26)12-13-4-3-5-14(23)10-13/h1-10,27H,11-12H2. The molecule has 0 spiro atoms. The zero-order valence-electron chi connectivity index (χ0n) is 14.6. The summed E-state index contributed by atoms with van der Waals surface area (Å²) in [6, 6.07) is 17.7. The topological polar surface area (TPSA) is 57.6 Å². The van der Waals surface area contributed by atoms with Gasteiger partial charge in [-0.25, -0.2) is 0 Å². The number of aliphatic hydroxyl groups is 1. The highest BCUT2D eigenvalue weighted by Gasteiger charge is 2.50. The van der Waals surface area contributed by atoms with Crippen molar-refractivity contribution in [2.24, 2.45) is 0 Å². The van der Waals surface area contributed by atoms with Gasteiger partial charge >= 0.3 is 0 Å². The van der Waals surface area contributed by atoms with Crippen molar-refractivity contribution in [2.45, 2.75) is 18.6 Å². The van der Waals surface area contributed by atoms with Crippen LogP contribution in [-0.2, 0) is 16.9 Å². The largest absolute Gasteiger partial charge is 0.375 e. The van der Waals surface area contributed by atoms with Crippen LogP contribution in [0.25, 0.3) is 0 Å². The number of Topliss-reactive ketones (excluding diaryl/α,β-unsaturated/α-hetero) is 1. The molecular weight excluding hydrogens is 462 g/mol. The first-order chi connectivity index (χ1) is 13.4. The number of carbonyl (C=O) groups is 2. The van der Waals surface area contributed by atoms with Gasteiger partial charge in [0.25, 0.3) is 5.91 Å². The average molecular weight is 477 g/mol. The molecule has 28 heavy (non-hydrogen) atoms. The van der Waals surface area contributed by atoms with Gasteiger partial charge in [0, 0.05) is 10.6 Å². The van der Waals surface area contributed by atoms with E-state index in [0.717, 1.165) is 9.35 Å². The molecule has 1 amide bonds. The van der Waals surface area contributed by atoms with Crippen molar-refractivity contribution in [2.75, 3.05) is 4.90 Å². The quantitative estimate of drug-likeness (QED) is 0.517. The van der Waals surface area contributed by atoms with Crippen LogP contribution in [0.3, 0.4) is 0 Å². The fraction of sp³-hybridized carbons (Fsp3) is 0.143. The van der Waals surface area contributed by atoms with Crippen LogP contribution in [0, 0.1) is 0 Å². The molecule has 2 aromatic carbocycles. The van der Waals surface area contributed by atoms with Gasteiger partial charge in [0.05, 0.1) is 27.3 Å². The molecule has 1 N–H and O–H groups in total. The summed E-state index contributed by atoms with van der Waals surface area (Å²) in [5.74, 6) is -0.774. The van der Waals surface area contributed by atoms with E-state index >= 15 is 0 Å². The molecule has 2 heterocycles. The van der Waals surface area contributed by atoms with Crippen molar-refractivity contribution in [3.8, 4) is 0 Å². The van der Waals surface area contributed by atoms with Crippen molar-refractivity contribution in [3.63, 3.8) is 0 Å². The maximum absolute atomic E-state index is 13.2. The Kier molecular flexibility index (Phi) is 5.14. The molecule has 0 radical (unpaired) electrons. The number of benzene rings is 2. The predicted molar refractivity (Wildman–Crippen MR) is 114 cm³/mol. The lowest BCUT2D eigenvalue weighted by atomic mass is 9.89. The summed E-state index contributed by atoms with van der Waals surface area (Å²) < 4.78 is 0.823. The number of nitrogens with zero attached hydrogens (tertiary/aromatic N) is 1. The van der Waals surface area contributed by atoms with E-state index in [-0.39, 0.29) is 18.7 Å². The fourth-order valence-electron chi connectivity index (χ4n) is 3.44. The summed E-state index contributed by atoms with van der Waals surface area (Å²) in [4.78, 5) is 28.0. The van der Waals surface area contributed by atoms with Crippen molar-refractivity contribution in [1.82, 2.24) is 0 Å². The number of hydrogen-bond donors (Lipinski definition) is 1. The van der Waals surface area contributed by atoms with E-state index in [1.165, 1.54) is 16.2 Å². The minimum absolute atomic E-state index is 0.261. The first-order valence-electron chi connectivity index (χ1n) is 8.55. The lowest BCUT2D eigenvalue weighted by molar-refractivity contribution is -0.136. The molecule has 1 aliphatic heterocycles. The summed E-state index contributed by atoms with van der Waals surface area (Å²) in [6.45, 7) is 0.261. The number of anilines is 1. The molecule has 0 saturated carbocycles. The first kappa shape index (κ1) is 19.3. The van der Waals surface area contributed by atoms with Crippen molar-refractivity contribution in [3.05, 3.63) is 85.5 Å². The van der Waals surface area contributed by atoms with Crippen LogP contribution in [0.1, 0.15) is 27.2 Å². The average Bonchev–Trinajstić information content (AvgIpc) is 3.19. The Morgan fingerprint density at radius 1 is 1.14 bits per heavy atom. The highest BCUT2D eigenvalue weighted by Crippen LogP contribution is 2.44. The second-order valence-electron chi connectivity index (χ2n) is 6.60. The summed E-state index contributed by atoms with van der Waals surface area (Å²) >= 11 is 10.7. The Bertz CT molecular complexity index is 1080. The van der Waals surface area contributed by atoms with Gasteiger partial charge in [0.15, 0.2) is 11.4 Å². The monoisotopic (exact) mass is 475 g/mol. The second kappa shape index (κ2) is 7.44. The highest BCUT2D eigenvalue weighted by atomic mass is 79.9. The lowest BCUT2D eigenvalue weighted by Crippen LogP contribution is -2.41. The molecule has 7 heteroatoms. The van der Waals surface area contributed by atoms with E-state index in [9.17, 15) is 14.7 Å². The van der Waals surface area contributed by atoms with Crippen LogP contribution in [-0.4, -0.2) is 16.8 Å². The Morgan fingerprint density at radius 3 is 2.64 bits per heavy atom.